The summed E-state index contributed by atoms with van der Waals surface area (Å²) in [6, 6.07) is 7.41. The lowest BCUT2D eigenvalue weighted by molar-refractivity contribution is -0.125. The van der Waals surface area contributed by atoms with Crippen LogP contribution >= 0.6 is 0 Å². The normalized spacial score (nSPS) is 16.2. The van der Waals surface area contributed by atoms with Crippen LogP contribution in [0.25, 0.3) is 0 Å². The Morgan fingerprint density at radius 2 is 2.33 bits per heavy atom. The van der Waals surface area contributed by atoms with Crippen molar-refractivity contribution in [3.8, 4) is 12.3 Å². The second kappa shape index (κ2) is 4.16. The molecule has 1 saturated heterocycles. The molecule has 15 heavy (non-hydrogen) atoms. The van der Waals surface area contributed by atoms with E-state index in [1.807, 2.05) is 24.3 Å². The van der Waals surface area contributed by atoms with Crippen molar-refractivity contribution in [1.82, 2.24) is 0 Å². The second-order valence-corrected chi connectivity index (χ2v) is 3.29. The number of morpholine rings is 1. The minimum atomic E-state index is -0.0181. The van der Waals surface area contributed by atoms with Gasteiger partial charge in [-0.15, -0.1) is 6.42 Å². The van der Waals surface area contributed by atoms with Gasteiger partial charge in [-0.1, -0.05) is 12.0 Å². The van der Waals surface area contributed by atoms with Gasteiger partial charge in [0.1, 0.15) is 6.61 Å². The van der Waals surface area contributed by atoms with Gasteiger partial charge in [0, 0.05) is 17.8 Å². The summed E-state index contributed by atoms with van der Waals surface area (Å²) < 4.78 is 5.06. The highest BCUT2D eigenvalue weighted by molar-refractivity contribution is 5.94. The summed E-state index contributed by atoms with van der Waals surface area (Å²) in [6.45, 7) is 1.32. The summed E-state index contributed by atoms with van der Waals surface area (Å²) in [5, 5.41) is 0. The van der Waals surface area contributed by atoms with Gasteiger partial charge in [-0.2, -0.15) is 0 Å². The van der Waals surface area contributed by atoms with Crippen LogP contribution in [0.5, 0.6) is 0 Å². The van der Waals surface area contributed by atoms with Gasteiger partial charge >= 0.3 is 0 Å². The minimum Gasteiger partial charge on any atom is -0.370 e. The number of benzene rings is 1. The monoisotopic (exact) mass is 201 g/mol. The quantitative estimate of drug-likeness (QED) is 0.635. The zero-order valence-corrected chi connectivity index (χ0v) is 8.27. The third kappa shape index (κ3) is 2.00. The van der Waals surface area contributed by atoms with E-state index in [-0.39, 0.29) is 12.5 Å². The Morgan fingerprint density at radius 1 is 1.47 bits per heavy atom. The minimum absolute atomic E-state index is 0.0181. The van der Waals surface area contributed by atoms with E-state index in [1.165, 1.54) is 0 Å². The molecule has 0 aromatic heterocycles. The molecule has 0 spiro atoms. The molecular weight excluding hydrogens is 190 g/mol. The van der Waals surface area contributed by atoms with E-state index in [0.717, 1.165) is 11.3 Å². The van der Waals surface area contributed by atoms with E-state index < -0.39 is 0 Å². The Labute approximate surface area is 88.6 Å². The fourth-order valence-electron chi connectivity index (χ4n) is 1.55. The van der Waals surface area contributed by atoms with Gasteiger partial charge in [-0.3, -0.25) is 4.79 Å². The molecule has 76 valence electrons. The third-order valence-electron chi connectivity index (χ3n) is 2.31. The summed E-state index contributed by atoms with van der Waals surface area (Å²) in [6.07, 6.45) is 5.30. The number of hydrogen-bond acceptors (Lipinski definition) is 2. The largest absolute Gasteiger partial charge is 0.370 e. The van der Waals surface area contributed by atoms with Crippen molar-refractivity contribution in [2.24, 2.45) is 0 Å². The van der Waals surface area contributed by atoms with Crippen molar-refractivity contribution >= 4 is 11.6 Å². The van der Waals surface area contributed by atoms with Crippen LogP contribution in [-0.4, -0.2) is 25.7 Å². The number of nitrogens with zero attached hydrogens (tertiary/aromatic N) is 1. The number of amides is 1. The Hall–Kier alpha value is -1.79. The smallest absolute Gasteiger partial charge is 0.253 e. The summed E-state index contributed by atoms with van der Waals surface area (Å²) >= 11 is 0. The summed E-state index contributed by atoms with van der Waals surface area (Å²) in [5.74, 6) is 2.53. The van der Waals surface area contributed by atoms with E-state index in [2.05, 4.69) is 5.92 Å². The highest BCUT2D eigenvalue weighted by Gasteiger charge is 2.19. The molecule has 0 atom stereocenters. The lowest BCUT2D eigenvalue weighted by atomic mass is 10.2. The number of ether oxygens (including phenoxy) is 1. The van der Waals surface area contributed by atoms with Crippen LogP contribution < -0.4 is 4.90 Å². The number of hydrogen-bond donors (Lipinski definition) is 0. The molecule has 1 aromatic rings. The van der Waals surface area contributed by atoms with E-state index in [0.29, 0.717) is 13.2 Å². The molecule has 0 bridgehead atoms. The number of terminal acetylenes is 1. The van der Waals surface area contributed by atoms with E-state index in [1.54, 1.807) is 4.90 Å². The van der Waals surface area contributed by atoms with Gasteiger partial charge in [-0.05, 0) is 18.2 Å². The summed E-state index contributed by atoms with van der Waals surface area (Å²) in [4.78, 5) is 13.2. The molecule has 3 heteroatoms. The molecule has 1 aromatic carbocycles. The highest BCUT2D eigenvalue weighted by Crippen LogP contribution is 2.17. The first-order valence-corrected chi connectivity index (χ1v) is 4.76. The van der Waals surface area contributed by atoms with Crippen molar-refractivity contribution in [1.29, 1.82) is 0 Å². The van der Waals surface area contributed by atoms with Gasteiger partial charge in [0.25, 0.3) is 5.91 Å². The fourth-order valence-corrected chi connectivity index (χ4v) is 1.55. The Kier molecular flexibility index (Phi) is 2.70. The first kappa shape index (κ1) is 9.75. The molecule has 0 radical (unpaired) electrons. The molecule has 0 aliphatic carbocycles. The van der Waals surface area contributed by atoms with Crippen LogP contribution in [0.2, 0.25) is 0 Å². The first-order chi connectivity index (χ1) is 7.31. The zero-order chi connectivity index (χ0) is 10.7. The highest BCUT2D eigenvalue weighted by atomic mass is 16.5. The lowest BCUT2D eigenvalue weighted by Crippen LogP contribution is -2.41. The van der Waals surface area contributed by atoms with Crippen LogP contribution in [0.3, 0.4) is 0 Å². The van der Waals surface area contributed by atoms with Gasteiger partial charge in [-0.25, -0.2) is 0 Å². The molecule has 3 nitrogen and oxygen atoms in total. The summed E-state index contributed by atoms with van der Waals surface area (Å²) in [7, 11) is 0. The number of carbonyl (C=O) groups excluding carboxylic acids is 1. The molecule has 1 aliphatic heterocycles. The Morgan fingerprint density at radius 3 is 3.07 bits per heavy atom. The fraction of sp³-hybridized carbons (Fsp3) is 0.250. The van der Waals surface area contributed by atoms with Crippen molar-refractivity contribution in [3.05, 3.63) is 29.8 Å². The number of rotatable bonds is 1. The molecule has 2 rings (SSSR count). The average Bonchev–Trinajstić information content (AvgIpc) is 2.30. The van der Waals surface area contributed by atoms with Crippen molar-refractivity contribution in [2.75, 3.05) is 24.7 Å². The zero-order valence-electron chi connectivity index (χ0n) is 8.27. The van der Waals surface area contributed by atoms with Crippen LogP contribution in [0.4, 0.5) is 5.69 Å². The SMILES string of the molecule is C#Cc1cccc(N2CCOCC2=O)c1. The van der Waals surface area contributed by atoms with Crippen molar-refractivity contribution in [3.63, 3.8) is 0 Å². The lowest BCUT2D eigenvalue weighted by Gasteiger charge is -2.26. The van der Waals surface area contributed by atoms with E-state index >= 15 is 0 Å². The maximum Gasteiger partial charge on any atom is 0.253 e. The Bertz CT molecular complexity index is 420. The topological polar surface area (TPSA) is 29.5 Å². The standard InChI is InChI=1S/C12H11NO2/c1-2-10-4-3-5-11(8-10)13-6-7-15-9-12(13)14/h1,3-5,8H,6-7,9H2. The van der Waals surface area contributed by atoms with Gasteiger partial charge in [0.2, 0.25) is 0 Å². The Balaban J connectivity index is 2.28. The van der Waals surface area contributed by atoms with E-state index in [9.17, 15) is 4.79 Å². The van der Waals surface area contributed by atoms with Crippen LogP contribution in [0.1, 0.15) is 5.56 Å². The molecule has 1 fully saturated rings. The predicted molar refractivity (Wildman–Crippen MR) is 57.5 cm³/mol. The molecule has 1 heterocycles. The van der Waals surface area contributed by atoms with Crippen molar-refractivity contribution < 1.29 is 9.53 Å². The average molecular weight is 201 g/mol. The maximum absolute atomic E-state index is 11.5. The first-order valence-electron chi connectivity index (χ1n) is 4.76. The molecular formula is C12H11NO2. The number of anilines is 1. The van der Waals surface area contributed by atoms with Gasteiger partial charge < -0.3 is 9.64 Å². The summed E-state index contributed by atoms with van der Waals surface area (Å²) in [5.41, 5.74) is 1.63. The van der Waals surface area contributed by atoms with Gasteiger partial charge in [0.05, 0.1) is 6.61 Å². The molecule has 1 aliphatic rings. The molecule has 0 N–H and O–H groups in total. The molecule has 0 unspecified atom stereocenters. The third-order valence-corrected chi connectivity index (χ3v) is 2.31. The second-order valence-electron chi connectivity index (χ2n) is 3.29. The van der Waals surface area contributed by atoms with E-state index in [4.69, 9.17) is 11.2 Å². The van der Waals surface area contributed by atoms with Crippen LogP contribution in [-0.2, 0) is 9.53 Å². The predicted octanol–water partition coefficient (Wildman–Crippen LogP) is 1.03. The van der Waals surface area contributed by atoms with Gasteiger partial charge in [0.15, 0.2) is 0 Å². The van der Waals surface area contributed by atoms with Crippen molar-refractivity contribution in [2.45, 2.75) is 0 Å². The van der Waals surface area contributed by atoms with Crippen LogP contribution in [0, 0.1) is 12.3 Å². The van der Waals surface area contributed by atoms with Crippen LogP contribution in [0.15, 0.2) is 24.3 Å². The molecule has 1 amide bonds. The molecule has 0 saturated carbocycles. The number of carbonyl (C=O) groups is 1. The maximum atomic E-state index is 11.5.